The van der Waals surface area contributed by atoms with Crippen LogP contribution in [0.25, 0.3) is 0 Å². The van der Waals surface area contributed by atoms with Crippen molar-refractivity contribution in [2.24, 2.45) is 0 Å². The molecule has 1 saturated heterocycles. The summed E-state index contributed by atoms with van der Waals surface area (Å²) in [5.74, 6) is 0. The number of aryl methyl sites for hydroxylation is 1. The Balaban J connectivity index is 2.01. The van der Waals surface area contributed by atoms with Gasteiger partial charge in [0.2, 0.25) is 0 Å². The van der Waals surface area contributed by atoms with E-state index in [0.717, 1.165) is 13.0 Å². The molecule has 1 N–H and O–H groups in total. The molecular weight excluding hydrogens is 222 g/mol. The summed E-state index contributed by atoms with van der Waals surface area (Å²) in [4.78, 5) is 0. The Morgan fingerprint density at radius 2 is 1.89 bits per heavy atom. The van der Waals surface area contributed by atoms with Gasteiger partial charge in [0.1, 0.15) is 0 Å². The van der Waals surface area contributed by atoms with Crippen LogP contribution in [0.1, 0.15) is 45.2 Å². The Bertz CT molecular complexity index is 423. The van der Waals surface area contributed by atoms with Gasteiger partial charge in [-0.3, -0.25) is 0 Å². The maximum absolute atomic E-state index is 6.10. The second-order valence-corrected chi connectivity index (χ2v) is 6.53. The number of nitrogens with one attached hydrogen (secondary N) is 1. The third kappa shape index (κ3) is 2.93. The van der Waals surface area contributed by atoms with E-state index in [0.29, 0.717) is 6.04 Å². The molecule has 1 atom stereocenters. The van der Waals surface area contributed by atoms with Gasteiger partial charge in [0.15, 0.2) is 0 Å². The average Bonchev–Trinajstić information content (AvgIpc) is 2.45. The van der Waals surface area contributed by atoms with Crippen LogP contribution in [0, 0.1) is 6.92 Å². The van der Waals surface area contributed by atoms with Crippen LogP contribution in [0.15, 0.2) is 24.3 Å². The average molecular weight is 247 g/mol. The van der Waals surface area contributed by atoms with Crippen molar-refractivity contribution in [1.82, 2.24) is 5.32 Å². The summed E-state index contributed by atoms with van der Waals surface area (Å²) >= 11 is 0. The fourth-order valence-corrected chi connectivity index (χ4v) is 2.92. The van der Waals surface area contributed by atoms with Crippen LogP contribution < -0.4 is 5.32 Å². The van der Waals surface area contributed by atoms with Gasteiger partial charge in [-0.15, -0.1) is 0 Å². The molecule has 18 heavy (non-hydrogen) atoms. The van der Waals surface area contributed by atoms with Gasteiger partial charge >= 0.3 is 0 Å². The lowest BCUT2D eigenvalue weighted by atomic mass is 9.94. The number of rotatable bonds is 3. The van der Waals surface area contributed by atoms with Crippen molar-refractivity contribution in [3.05, 3.63) is 35.4 Å². The van der Waals surface area contributed by atoms with Crippen molar-refractivity contribution in [2.75, 3.05) is 0 Å². The van der Waals surface area contributed by atoms with E-state index >= 15 is 0 Å². The van der Waals surface area contributed by atoms with Crippen LogP contribution in [0.3, 0.4) is 0 Å². The molecule has 1 aromatic carbocycles. The van der Waals surface area contributed by atoms with Gasteiger partial charge in [-0.2, -0.15) is 0 Å². The second kappa shape index (κ2) is 4.67. The zero-order valence-electron chi connectivity index (χ0n) is 12.2. The zero-order chi connectivity index (χ0) is 13.4. The standard InChI is InChI=1S/C16H25NO/c1-12-8-6-7-9-13(12)11-17-14-10-15(2,3)18-16(14,4)5/h6-9,14,17H,10-11H2,1-5H3. The minimum absolute atomic E-state index is 0.0209. The SMILES string of the molecule is Cc1ccccc1CNC1CC(C)(C)OC1(C)C. The van der Waals surface area contributed by atoms with Crippen molar-refractivity contribution >= 4 is 0 Å². The highest BCUT2D eigenvalue weighted by Gasteiger charge is 2.45. The Morgan fingerprint density at radius 1 is 1.22 bits per heavy atom. The number of benzene rings is 1. The van der Waals surface area contributed by atoms with Gasteiger partial charge in [0.05, 0.1) is 11.2 Å². The topological polar surface area (TPSA) is 21.3 Å². The molecule has 100 valence electrons. The monoisotopic (exact) mass is 247 g/mol. The number of hydrogen-bond acceptors (Lipinski definition) is 2. The summed E-state index contributed by atoms with van der Waals surface area (Å²) < 4.78 is 6.10. The number of ether oxygens (including phenoxy) is 1. The van der Waals surface area contributed by atoms with Gasteiger partial charge < -0.3 is 10.1 Å². The fourth-order valence-electron chi connectivity index (χ4n) is 2.92. The third-order valence-corrected chi connectivity index (χ3v) is 3.87. The van der Waals surface area contributed by atoms with Crippen LogP contribution in [-0.4, -0.2) is 17.2 Å². The van der Waals surface area contributed by atoms with Crippen molar-refractivity contribution in [1.29, 1.82) is 0 Å². The van der Waals surface area contributed by atoms with Crippen LogP contribution in [0.4, 0.5) is 0 Å². The molecule has 2 rings (SSSR count). The predicted molar refractivity (Wildman–Crippen MR) is 75.7 cm³/mol. The Morgan fingerprint density at radius 3 is 2.44 bits per heavy atom. The third-order valence-electron chi connectivity index (χ3n) is 3.87. The van der Waals surface area contributed by atoms with Gasteiger partial charge in [-0.05, 0) is 52.2 Å². The van der Waals surface area contributed by atoms with Crippen molar-refractivity contribution in [2.45, 2.75) is 64.8 Å². The summed E-state index contributed by atoms with van der Waals surface area (Å²) in [6, 6.07) is 8.95. The molecule has 0 saturated carbocycles. The smallest absolute Gasteiger partial charge is 0.0787 e. The fraction of sp³-hybridized carbons (Fsp3) is 0.625. The minimum atomic E-state index is -0.0911. The first-order valence-electron chi connectivity index (χ1n) is 6.78. The summed E-state index contributed by atoms with van der Waals surface area (Å²) in [5.41, 5.74) is 2.61. The maximum atomic E-state index is 6.10. The highest BCUT2D eigenvalue weighted by Crippen LogP contribution is 2.37. The molecule has 2 heteroatoms. The van der Waals surface area contributed by atoms with Gasteiger partial charge in [0.25, 0.3) is 0 Å². The largest absolute Gasteiger partial charge is 0.368 e. The molecule has 0 amide bonds. The zero-order valence-corrected chi connectivity index (χ0v) is 12.2. The van der Waals surface area contributed by atoms with E-state index in [1.807, 2.05) is 0 Å². The molecule has 1 aliphatic rings. The highest BCUT2D eigenvalue weighted by atomic mass is 16.5. The van der Waals surface area contributed by atoms with Crippen molar-refractivity contribution < 1.29 is 4.74 Å². The summed E-state index contributed by atoms with van der Waals surface area (Å²) in [6.45, 7) is 11.8. The Kier molecular flexibility index (Phi) is 3.52. The molecule has 2 nitrogen and oxygen atoms in total. The lowest BCUT2D eigenvalue weighted by Gasteiger charge is -2.28. The van der Waals surface area contributed by atoms with E-state index < -0.39 is 0 Å². The predicted octanol–water partition coefficient (Wildman–Crippen LogP) is 3.43. The van der Waals surface area contributed by atoms with Crippen LogP contribution in [0.2, 0.25) is 0 Å². The van der Waals surface area contributed by atoms with E-state index in [-0.39, 0.29) is 11.2 Å². The van der Waals surface area contributed by atoms with E-state index in [9.17, 15) is 0 Å². The lowest BCUT2D eigenvalue weighted by Crippen LogP contribution is -2.43. The van der Waals surface area contributed by atoms with Crippen LogP contribution in [-0.2, 0) is 11.3 Å². The van der Waals surface area contributed by atoms with Gasteiger partial charge in [0, 0.05) is 12.6 Å². The van der Waals surface area contributed by atoms with Gasteiger partial charge in [-0.25, -0.2) is 0 Å². The molecule has 0 spiro atoms. The Hall–Kier alpha value is -0.860. The molecule has 1 fully saturated rings. The molecule has 1 aromatic rings. The molecular formula is C16H25NO. The molecule has 0 radical (unpaired) electrons. The molecule has 0 aliphatic carbocycles. The molecule has 1 heterocycles. The van der Waals surface area contributed by atoms with E-state index in [1.54, 1.807) is 0 Å². The Labute approximate surface area is 111 Å². The molecule has 1 unspecified atom stereocenters. The number of hydrogen-bond donors (Lipinski definition) is 1. The molecule has 0 bridgehead atoms. The van der Waals surface area contributed by atoms with Crippen molar-refractivity contribution in [3.63, 3.8) is 0 Å². The normalized spacial score (nSPS) is 25.3. The second-order valence-electron chi connectivity index (χ2n) is 6.53. The van der Waals surface area contributed by atoms with Crippen LogP contribution >= 0.6 is 0 Å². The van der Waals surface area contributed by atoms with Crippen molar-refractivity contribution in [3.8, 4) is 0 Å². The van der Waals surface area contributed by atoms with E-state index in [4.69, 9.17) is 4.74 Å². The first-order chi connectivity index (χ1) is 8.30. The summed E-state index contributed by atoms with van der Waals surface area (Å²) in [6.07, 6.45) is 1.06. The van der Waals surface area contributed by atoms with Crippen LogP contribution in [0.5, 0.6) is 0 Å². The highest BCUT2D eigenvalue weighted by molar-refractivity contribution is 5.25. The quantitative estimate of drug-likeness (QED) is 0.883. The molecule has 0 aromatic heterocycles. The first-order valence-corrected chi connectivity index (χ1v) is 6.78. The van der Waals surface area contributed by atoms with E-state index in [2.05, 4.69) is 64.2 Å². The minimum Gasteiger partial charge on any atom is -0.368 e. The summed E-state index contributed by atoms with van der Waals surface area (Å²) in [7, 11) is 0. The maximum Gasteiger partial charge on any atom is 0.0787 e. The summed E-state index contributed by atoms with van der Waals surface area (Å²) in [5, 5.41) is 3.66. The van der Waals surface area contributed by atoms with E-state index in [1.165, 1.54) is 11.1 Å². The first kappa shape index (κ1) is 13.6. The lowest BCUT2D eigenvalue weighted by molar-refractivity contribution is -0.0699. The molecule has 1 aliphatic heterocycles. The van der Waals surface area contributed by atoms with Gasteiger partial charge in [-0.1, -0.05) is 24.3 Å².